The van der Waals surface area contributed by atoms with Crippen molar-refractivity contribution in [2.45, 2.75) is 6.04 Å². The van der Waals surface area contributed by atoms with Gasteiger partial charge in [0.05, 0.1) is 6.54 Å². The zero-order valence-electron chi connectivity index (χ0n) is 9.94. The molecule has 0 spiro atoms. The highest BCUT2D eigenvalue weighted by molar-refractivity contribution is 5.79. The second-order valence-corrected chi connectivity index (χ2v) is 4.45. The van der Waals surface area contributed by atoms with Crippen molar-refractivity contribution in [2.75, 3.05) is 53.9 Å². The first-order chi connectivity index (χ1) is 7.04. The summed E-state index contributed by atoms with van der Waals surface area (Å²) in [6.07, 6.45) is 0. The molecule has 1 aliphatic rings. The van der Waals surface area contributed by atoms with Crippen molar-refractivity contribution in [3.8, 4) is 0 Å². The Balaban J connectivity index is 2.46. The van der Waals surface area contributed by atoms with Gasteiger partial charge in [0, 0.05) is 32.2 Å². The molecule has 1 rings (SSSR count). The molecule has 0 radical (unpaired) electrons. The first-order valence-corrected chi connectivity index (χ1v) is 5.37. The monoisotopic (exact) mass is 214 g/mol. The lowest BCUT2D eigenvalue weighted by Gasteiger charge is -2.38. The predicted molar refractivity (Wildman–Crippen MR) is 60.6 cm³/mol. The molecule has 1 saturated heterocycles. The van der Waals surface area contributed by atoms with Crippen LogP contribution in [0.4, 0.5) is 0 Å². The Morgan fingerprint density at radius 1 is 1.53 bits per heavy atom. The molecule has 1 unspecified atom stereocenters. The molecule has 0 aromatic rings. The number of hydrogen-bond donors (Lipinski definition) is 1. The summed E-state index contributed by atoms with van der Waals surface area (Å²) >= 11 is 0. The minimum absolute atomic E-state index is 0.212. The summed E-state index contributed by atoms with van der Waals surface area (Å²) < 4.78 is 0. The third-order valence-corrected chi connectivity index (χ3v) is 2.88. The number of piperazine rings is 1. The van der Waals surface area contributed by atoms with Crippen molar-refractivity contribution in [3.63, 3.8) is 0 Å². The van der Waals surface area contributed by atoms with Crippen molar-refractivity contribution in [1.29, 1.82) is 0 Å². The van der Waals surface area contributed by atoms with Crippen LogP contribution in [0.15, 0.2) is 0 Å². The van der Waals surface area contributed by atoms with Gasteiger partial charge in [-0.3, -0.25) is 9.69 Å². The van der Waals surface area contributed by atoms with Crippen LogP contribution < -0.4 is 5.73 Å². The van der Waals surface area contributed by atoms with Gasteiger partial charge in [-0.2, -0.15) is 0 Å². The quantitative estimate of drug-likeness (QED) is 0.629. The van der Waals surface area contributed by atoms with Gasteiger partial charge in [0.25, 0.3) is 0 Å². The summed E-state index contributed by atoms with van der Waals surface area (Å²) in [4.78, 5) is 17.7. The molecule has 1 fully saturated rings. The lowest BCUT2D eigenvalue weighted by molar-refractivity contribution is -0.137. The van der Waals surface area contributed by atoms with E-state index in [4.69, 9.17) is 5.73 Å². The van der Waals surface area contributed by atoms with Gasteiger partial charge in [0.1, 0.15) is 0 Å². The predicted octanol–water partition coefficient (Wildman–Crippen LogP) is -1.35. The molecule has 1 atom stereocenters. The number of likely N-dealkylation sites (N-methyl/N-ethyl adjacent to an activating group) is 2. The highest BCUT2D eigenvalue weighted by Gasteiger charge is 2.28. The van der Waals surface area contributed by atoms with Gasteiger partial charge in [-0.1, -0.05) is 0 Å². The van der Waals surface area contributed by atoms with Crippen molar-refractivity contribution in [3.05, 3.63) is 0 Å². The maximum Gasteiger partial charge on any atom is 0.236 e. The largest absolute Gasteiger partial charge is 0.339 e. The topological polar surface area (TPSA) is 52.8 Å². The molecule has 0 saturated carbocycles. The minimum Gasteiger partial charge on any atom is -0.339 e. The van der Waals surface area contributed by atoms with Crippen molar-refractivity contribution < 1.29 is 4.79 Å². The Hall–Kier alpha value is -0.650. The van der Waals surface area contributed by atoms with E-state index in [1.54, 1.807) is 0 Å². The maximum absolute atomic E-state index is 11.7. The van der Waals surface area contributed by atoms with E-state index in [-0.39, 0.29) is 5.91 Å². The molecule has 0 aromatic heterocycles. The second-order valence-electron chi connectivity index (χ2n) is 4.45. The van der Waals surface area contributed by atoms with Crippen LogP contribution in [0.5, 0.6) is 0 Å². The summed E-state index contributed by atoms with van der Waals surface area (Å²) in [7, 11) is 5.99. The first-order valence-electron chi connectivity index (χ1n) is 5.37. The Labute approximate surface area is 91.8 Å². The molecular formula is C10H22N4O. The Bertz CT molecular complexity index is 219. The number of carbonyl (C=O) groups is 1. The Morgan fingerprint density at radius 3 is 2.73 bits per heavy atom. The van der Waals surface area contributed by atoms with Crippen molar-refractivity contribution in [2.24, 2.45) is 5.73 Å². The van der Waals surface area contributed by atoms with E-state index in [2.05, 4.69) is 4.90 Å². The van der Waals surface area contributed by atoms with Gasteiger partial charge in [-0.05, 0) is 21.1 Å². The van der Waals surface area contributed by atoms with Crippen LogP contribution in [-0.4, -0.2) is 80.5 Å². The van der Waals surface area contributed by atoms with Crippen LogP contribution in [0.25, 0.3) is 0 Å². The Morgan fingerprint density at radius 2 is 2.20 bits per heavy atom. The lowest BCUT2D eigenvalue weighted by atomic mass is 10.1. The summed E-state index contributed by atoms with van der Waals surface area (Å²) in [5, 5.41) is 0. The smallest absolute Gasteiger partial charge is 0.236 e. The zero-order valence-corrected chi connectivity index (χ0v) is 9.94. The van der Waals surface area contributed by atoms with Crippen LogP contribution in [-0.2, 0) is 4.79 Å². The van der Waals surface area contributed by atoms with Gasteiger partial charge in [-0.25, -0.2) is 0 Å². The Kier molecular flexibility index (Phi) is 4.50. The van der Waals surface area contributed by atoms with Crippen LogP contribution >= 0.6 is 0 Å². The van der Waals surface area contributed by atoms with E-state index in [1.807, 2.05) is 30.9 Å². The number of carbonyl (C=O) groups excluding carboxylic acids is 1. The zero-order chi connectivity index (χ0) is 11.4. The number of amides is 1. The van der Waals surface area contributed by atoms with Gasteiger partial charge in [0.2, 0.25) is 5.91 Å². The standard InChI is InChI=1S/C10H22N4O/c1-12(2)4-5-14-7-9(6-11)13(3)8-10(14)15/h9H,4-8,11H2,1-3H3. The third-order valence-electron chi connectivity index (χ3n) is 2.88. The molecule has 1 amide bonds. The molecule has 5 nitrogen and oxygen atoms in total. The van der Waals surface area contributed by atoms with Gasteiger partial charge >= 0.3 is 0 Å². The summed E-state index contributed by atoms with van der Waals surface area (Å²) in [5.41, 5.74) is 5.67. The van der Waals surface area contributed by atoms with Crippen LogP contribution in [0.3, 0.4) is 0 Å². The fourth-order valence-corrected chi connectivity index (χ4v) is 1.73. The van der Waals surface area contributed by atoms with E-state index < -0.39 is 0 Å². The van der Waals surface area contributed by atoms with Gasteiger partial charge in [-0.15, -0.1) is 0 Å². The number of hydrogen-bond acceptors (Lipinski definition) is 4. The molecule has 5 heteroatoms. The van der Waals surface area contributed by atoms with E-state index in [1.165, 1.54) is 0 Å². The summed E-state index contributed by atoms with van der Waals surface area (Å²) in [6.45, 7) is 3.58. The molecule has 15 heavy (non-hydrogen) atoms. The van der Waals surface area contributed by atoms with E-state index in [9.17, 15) is 4.79 Å². The SMILES string of the molecule is CN(C)CCN1CC(CN)N(C)CC1=O. The number of rotatable bonds is 4. The lowest BCUT2D eigenvalue weighted by Crippen LogP contribution is -2.57. The number of nitrogens with zero attached hydrogens (tertiary/aromatic N) is 3. The second kappa shape index (κ2) is 5.44. The molecule has 0 aromatic carbocycles. The normalized spacial score (nSPS) is 23.9. The third kappa shape index (κ3) is 3.44. The molecule has 0 aliphatic carbocycles. The maximum atomic E-state index is 11.7. The molecular weight excluding hydrogens is 192 g/mol. The van der Waals surface area contributed by atoms with E-state index >= 15 is 0 Å². The van der Waals surface area contributed by atoms with Crippen LogP contribution in [0.1, 0.15) is 0 Å². The number of nitrogens with two attached hydrogens (primary N) is 1. The molecule has 1 aliphatic heterocycles. The molecule has 2 N–H and O–H groups in total. The molecule has 88 valence electrons. The fraction of sp³-hybridized carbons (Fsp3) is 0.900. The average Bonchev–Trinajstić information content (AvgIpc) is 2.16. The van der Waals surface area contributed by atoms with Crippen molar-refractivity contribution >= 4 is 5.91 Å². The van der Waals surface area contributed by atoms with E-state index in [0.717, 1.165) is 19.6 Å². The fourth-order valence-electron chi connectivity index (χ4n) is 1.73. The van der Waals surface area contributed by atoms with Crippen LogP contribution in [0.2, 0.25) is 0 Å². The van der Waals surface area contributed by atoms with E-state index in [0.29, 0.717) is 19.1 Å². The van der Waals surface area contributed by atoms with Gasteiger partial charge in [0.15, 0.2) is 0 Å². The highest BCUT2D eigenvalue weighted by Crippen LogP contribution is 2.07. The summed E-state index contributed by atoms with van der Waals surface area (Å²) in [5.74, 6) is 0.212. The molecule has 1 heterocycles. The molecule has 0 bridgehead atoms. The van der Waals surface area contributed by atoms with Crippen molar-refractivity contribution in [1.82, 2.24) is 14.7 Å². The first kappa shape index (κ1) is 12.4. The highest BCUT2D eigenvalue weighted by atomic mass is 16.2. The minimum atomic E-state index is 0.212. The van der Waals surface area contributed by atoms with Crippen LogP contribution in [0, 0.1) is 0 Å². The van der Waals surface area contributed by atoms with Gasteiger partial charge < -0.3 is 15.5 Å². The average molecular weight is 214 g/mol. The summed E-state index contributed by atoms with van der Waals surface area (Å²) in [6, 6.07) is 0.310.